The first kappa shape index (κ1) is 17.7. The van der Waals surface area contributed by atoms with Crippen LogP contribution in [0.15, 0.2) is 71.9 Å². The number of aryl methyl sites for hydroxylation is 1. The molecule has 1 unspecified atom stereocenters. The summed E-state index contributed by atoms with van der Waals surface area (Å²) in [6.45, 7) is 2.05. The third-order valence-corrected chi connectivity index (χ3v) is 4.29. The topological polar surface area (TPSA) is 67.4 Å². The molecule has 1 atom stereocenters. The Morgan fingerprint density at radius 1 is 1.00 bits per heavy atom. The average molecular weight is 350 g/mol. The normalized spacial score (nSPS) is 16.7. The highest BCUT2D eigenvalue weighted by molar-refractivity contribution is 5.95. The summed E-state index contributed by atoms with van der Waals surface area (Å²) in [4.78, 5) is 24.8. The lowest BCUT2D eigenvalue weighted by Crippen LogP contribution is -2.46. The number of hydrogen-bond donors (Lipinski definition) is 2. The van der Waals surface area contributed by atoms with Crippen molar-refractivity contribution in [2.75, 3.05) is 6.61 Å². The zero-order valence-corrected chi connectivity index (χ0v) is 14.7. The molecule has 0 spiro atoms. The summed E-state index contributed by atoms with van der Waals surface area (Å²) in [5, 5.41) is 5.65. The zero-order valence-electron chi connectivity index (χ0n) is 14.7. The Bertz CT molecular complexity index is 801. The van der Waals surface area contributed by atoms with Gasteiger partial charge < -0.3 is 15.4 Å². The summed E-state index contributed by atoms with van der Waals surface area (Å²) in [6, 6.07) is 18.6. The van der Waals surface area contributed by atoms with Gasteiger partial charge in [0.25, 0.3) is 0 Å². The van der Waals surface area contributed by atoms with E-state index in [1.54, 1.807) is 6.92 Å². The van der Waals surface area contributed by atoms with Crippen LogP contribution in [0.1, 0.15) is 30.5 Å². The van der Waals surface area contributed by atoms with Crippen LogP contribution in [-0.4, -0.2) is 18.6 Å². The lowest BCUT2D eigenvalue weighted by atomic mass is 9.93. The van der Waals surface area contributed by atoms with Crippen LogP contribution in [0.3, 0.4) is 0 Å². The fraction of sp³-hybridized carbons (Fsp3) is 0.238. The van der Waals surface area contributed by atoms with Gasteiger partial charge in [-0.3, -0.25) is 0 Å². The Labute approximate surface area is 153 Å². The molecule has 1 aliphatic rings. The minimum atomic E-state index is -0.519. The quantitative estimate of drug-likeness (QED) is 0.784. The van der Waals surface area contributed by atoms with E-state index in [9.17, 15) is 9.59 Å². The minimum Gasteiger partial charge on any atom is -0.463 e. The molecule has 0 fully saturated rings. The van der Waals surface area contributed by atoms with Crippen molar-refractivity contribution in [3.8, 4) is 0 Å². The number of carbonyl (C=O) groups is 2. The fourth-order valence-corrected chi connectivity index (χ4v) is 3.07. The van der Waals surface area contributed by atoms with E-state index >= 15 is 0 Å². The lowest BCUT2D eigenvalue weighted by molar-refractivity contribution is -0.139. The predicted octanol–water partition coefficient (Wildman–Crippen LogP) is 3.49. The number of urea groups is 1. The fourth-order valence-electron chi connectivity index (χ4n) is 3.07. The van der Waals surface area contributed by atoms with Gasteiger partial charge in [-0.1, -0.05) is 60.7 Å². The Hall–Kier alpha value is -3.08. The first-order chi connectivity index (χ1) is 12.7. The largest absolute Gasteiger partial charge is 0.463 e. The predicted molar refractivity (Wildman–Crippen MR) is 99.3 cm³/mol. The molecule has 0 aromatic heterocycles. The molecule has 26 heavy (non-hydrogen) atoms. The van der Waals surface area contributed by atoms with Gasteiger partial charge in [0.05, 0.1) is 18.2 Å². The van der Waals surface area contributed by atoms with E-state index < -0.39 is 12.0 Å². The maximum Gasteiger partial charge on any atom is 0.338 e. The Morgan fingerprint density at radius 2 is 1.65 bits per heavy atom. The maximum atomic E-state index is 12.6. The van der Waals surface area contributed by atoms with Crippen molar-refractivity contribution in [3.05, 3.63) is 83.1 Å². The smallest absolute Gasteiger partial charge is 0.338 e. The summed E-state index contributed by atoms with van der Waals surface area (Å²) in [6.07, 6.45) is 1.27. The summed E-state index contributed by atoms with van der Waals surface area (Å²) in [5.74, 6) is -0.406. The molecule has 1 heterocycles. The Morgan fingerprint density at radius 3 is 2.31 bits per heavy atom. The number of benzene rings is 2. The van der Waals surface area contributed by atoms with Crippen LogP contribution in [0.2, 0.25) is 0 Å². The van der Waals surface area contributed by atoms with Crippen molar-refractivity contribution in [2.24, 2.45) is 0 Å². The monoisotopic (exact) mass is 350 g/mol. The van der Waals surface area contributed by atoms with E-state index in [2.05, 4.69) is 10.6 Å². The van der Waals surface area contributed by atoms with Gasteiger partial charge in [-0.25, -0.2) is 9.59 Å². The van der Waals surface area contributed by atoms with Crippen LogP contribution in [0, 0.1) is 0 Å². The van der Waals surface area contributed by atoms with Crippen molar-refractivity contribution in [3.63, 3.8) is 0 Å². The summed E-state index contributed by atoms with van der Waals surface area (Å²) in [7, 11) is 0. The molecule has 0 aliphatic carbocycles. The van der Waals surface area contributed by atoms with Crippen LogP contribution in [0.5, 0.6) is 0 Å². The van der Waals surface area contributed by atoms with E-state index in [1.807, 2.05) is 60.7 Å². The minimum absolute atomic E-state index is 0.282. The molecule has 0 saturated heterocycles. The highest BCUT2D eigenvalue weighted by atomic mass is 16.5. The van der Waals surface area contributed by atoms with E-state index in [0.29, 0.717) is 17.7 Å². The van der Waals surface area contributed by atoms with Gasteiger partial charge in [-0.2, -0.15) is 0 Å². The van der Waals surface area contributed by atoms with Crippen molar-refractivity contribution in [1.82, 2.24) is 10.6 Å². The summed E-state index contributed by atoms with van der Waals surface area (Å²) < 4.78 is 5.26. The first-order valence-corrected chi connectivity index (χ1v) is 8.75. The second-order valence-electron chi connectivity index (χ2n) is 6.04. The number of rotatable bonds is 6. The lowest BCUT2D eigenvalue weighted by Gasteiger charge is -2.29. The first-order valence-electron chi connectivity index (χ1n) is 8.75. The van der Waals surface area contributed by atoms with Gasteiger partial charge in [0.1, 0.15) is 0 Å². The van der Waals surface area contributed by atoms with Crippen LogP contribution in [0.25, 0.3) is 0 Å². The van der Waals surface area contributed by atoms with Gasteiger partial charge >= 0.3 is 12.0 Å². The molecule has 5 nitrogen and oxygen atoms in total. The molecule has 5 heteroatoms. The van der Waals surface area contributed by atoms with E-state index in [-0.39, 0.29) is 12.6 Å². The van der Waals surface area contributed by atoms with E-state index in [0.717, 1.165) is 17.5 Å². The van der Waals surface area contributed by atoms with Crippen molar-refractivity contribution in [2.45, 2.75) is 25.8 Å². The molecular weight excluding hydrogens is 328 g/mol. The molecule has 2 amide bonds. The third-order valence-electron chi connectivity index (χ3n) is 4.29. The molecule has 2 aromatic carbocycles. The number of nitrogens with one attached hydrogen (secondary N) is 2. The second kappa shape index (κ2) is 8.34. The zero-order chi connectivity index (χ0) is 18.4. The van der Waals surface area contributed by atoms with Gasteiger partial charge in [-0.05, 0) is 30.9 Å². The number of hydrogen-bond acceptors (Lipinski definition) is 3. The third kappa shape index (κ3) is 4.11. The van der Waals surface area contributed by atoms with Gasteiger partial charge in [0.2, 0.25) is 0 Å². The van der Waals surface area contributed by atoms with Crippen LogP contribution in [-0.2, 0) is 16.0 Å². The molecule has 0 radical (unpaired) electrons. The highest BCUT2D eigenvalue weighted by Gasteiger charge is 2.33. The number of esters is 1. The van der Waals surface area contributed by atoms with Gasteiger partial charge in [0.15, 0.2) is 0 Å². The molecule has 0 saturated carbocycles. The molecule has 0 bridgehead atoms. The number of carbonyl (C=O) groups excluding carboxylic acids is 2. The summed E-state index contributed by atoms with van der Waals surface area (Å²) in [5.41, 5.74) is 3.08. The Balaban J connectivity index is 1.95. The maximum absolute atomic E-state index is 12.6. The van der Waals surface area contributed by atoms with Crippen molar-refractivity contribution < 1.29 is 14.3 Å². The Kier molecular flexibility index (Phi) is 5.69. The van der Waals surface area contributed by atoms with E-state index in [1.165, 1.54) is 0 Å². The average Bonchev–Trinajstić information content (AvgIpc) is 2.67. The summed E-state index contributed by atoms with van der Waals surface area (Å²) >= 11 is 0. The van der Waals surface area contributed by atoms with Crippen molar-refractivity contribution >= 4 is 12.0 Å². The number of ether oxygens (including phenoxy) is 1. The van der Waals surface area contributed by atoms with Gasteiger partial charge in [0, 0.05) is 5.70 Å². The second-order valence-corrected chi connectivity index (χ2v) is 6.04. The van der Waals surface area contributed by atoms with Crippen LogP contribution in [0.4, 0.5) is 4.79 Å². The molecular formula is C21H22N2O3. The van der Waals surface area contributed by atoms with Crippen LogP contribution < -0.4 is 10.6 Å². The molecule has 1 aliphatic heterocycles. The number of amides is 2. The van der Waals surface area contributed by atoms with Gasteiger partial charge in [-0.15, -0.1) is 0 Å². The molecule has 134 valence electrons. The van der Waals surface area contributed by atoms with Crippen LogP contribution >= 0.6 is 0 Å². The number of allylic oxidation sites excluding steroid dienone is 1. The van der Waals surface area contributed by atoms with E-state index in [4.69, 9.17) is 4.74 Å². The molecule has 3 rings (SSSR count). The molecule has 2 aromatic rings. The highest BCUT2D eigenvalue weighted by Crippen LogP contribution is 2.29. The standard InChI is InChI=1S/C21H22N2O3/c1-2-26-20(24)18-17(14-13-15-9-5-3-6-10-15)22-21(25)23-19(18)16-11-7-4-8-12-16/h3-12,19H,2,13-14H2,1H3,(H2,22,23,25). The SMILES string of the molecule is CCOC(=O)C1=C(CCc2ccccc2)NC(=O)NC1c1ccccc1. The van der Waals surface area contributed by atoms with Crippen molar-refractivity contribution in [1.29, 1.82) is 0 Å². The molecule has 2 N–H and O–H groups in total.